The number of halogens is 3. The summed E-state index contributed by atoms with van der Waals surface area (Å²) in [5.74, 6) is -3.31. The molecule has 8 nitrogen and oxygen atoms in total. The Labute approximate surface area is 257 Å². The van der Waals surface area contributed by atoms with Crippen molar-refractivity contribution in [2.24, 2.45) is 5.92 Å². The second-order valence-corrected chi connectivity index (χ2v) is 12.5. The third kappa shape index (κ3) is 5.09. The predicted octanol–water partition coefficient (Wildman–Crippen LogP) is 5.68. The Bertz CT molecular complexity index is 1870. The maximum absolute atomic E-state index is 14.0. The third-order valence-electron chi connectivity index (χ3n) is 7.68. The lowest BCUT2D eigenvalue weighted by Gasteiger charge is -2.31. The molecule has 13 heteroatoms. The summed E-state index contributed by atoms with van der Waals surface area (Å²) in [6.07, 6.45) is -4.68. The van der Waals surface area contributed by atoms with Crippen molar-refractivity contribution < 1.29 is 32.3 Å². The van der Waals surface area contributed by atoms with Crippen LogP contribution in [0.1, 0.15) is 27.5 Å². The lowest BCUT2D eigenvalue weighted by atomic mass is 9.82. The first-order chi connectivity index (χ1) is 21.0. The number of carbonyl (C=O) groups is 3. The number of thioether (sulfide) groups is 1. The molecule has 3 aromatic carbocycles. The number of benzene rings is 3. The first-order valence-electron chi connectivity index (χ1n) is 13.4. The number of methoxy groups -OCH3 is 1. The van der Waals surface area contributed by atoms with E-state index in [9.17, 15) is 32.3 Å². The SMILES string of the molecule is COc1ccccc1[C@H]1c2sc(=O)n(CC(=O)Nc3ccccc3C)c2SC2C(=O)N(c3cccc(C(F)(F)F)c3)C(=O)C21. The van der Waals surface area contributed by atoms with Gasteiger partial charge in [-0.3, -0.25) is 23.7 Å². The van der Waals surface area contributed by atoms with Crippen LogP contribution in [0, 0.1) is 12.8 Å². The molecule has 2 aliphatic heterocycles. The molecule has 44 heavy (non-hydrogen) atoms. The van der Waals surface area contributed by atoms with E-state index in [0.29, 0.717) is 26.9 Å². The minimum atomic E-state index is -4.68. The fourth-order valence-electron chi connectivity index (χ4n) is 5.64. The summed E-state index contributed by atoms with van der Waals surface area (Å²) in [5.41, 5.74) is 0.770. The molecule has 0 saturated carbocycles. The summed E-state index contributed by atoms with van der Waals surface area (Å²) in [6, 6.07) is 18.1. The molecule has 3 heterocycles. The fraction of sp³-hybridized carbons (Fsp3) is 0.226. The normalized spacial score (nSPS) is 19.5. The quantitative estimate of drug-likeness (QED) is 0.273. The lowest BCUT2D eigenvalue weighted by molar-refractivity contribution is -0.137. The van der Waals surface area contributed by atoms with Crippen molar-refractivity contribution in [3.05, 3.63) is 104 Å². The van der Waals surface area contributed by atoms with Gasteiger partial charge in [0.2, 0.25) is 17.7 Å². The average Bonchev–Trinajstić information content (AvgIpc) is 3.44. The average molecular weight is 640 g/mol. The zero-order valence-corrected chi connectivity index (χ0v) is 24.9. The first kappa shape index (κ1) is 29.7. The van der Waals surface area contributed by atoms with E-state index in [4.69, 9.17) is 4.74 Å². The summed E-state index contributed by atoms with van der Waals surface area (Å²) >= 11 is 1.84. The minimum absolute atomic E-state index is 0.193. The molecule has 1 aromatic heterocycles. The Balaban J connectivity index is 1.44. The van der Waals surface area contributed by atoms with Gasteiger partial charge in [0.1, 0.15) is 17.5 Å². The third-order valence-corrected chi connectivity index (χ3v) is 10.3. The van der Waals surface area contributed by atoms with E-state index in [-0.39, 0.29) is 12.2 Å². The number of imide groups is 1. The summed E-state index contributed by atoms with van der Waals surface area (Å²) in [7, 11) is 1.45. The van der Waals surface area contributed by atoms with Crippen molar-refractivity contribution in [2.45, 2.75) is 35.8 Å². The number of hydrogen-bond acceptors (Lipinski definition) is 7. The molecule has 2 aliphatic rings. The molecule has 1 saturated heterocycles. The number of hydrogen-bond donors (Lipinski definition) is 1. The van der Waals surface area contributed by atoms with Crippen molar-refractivity contribution >= 4 is 52.2 Å². The molecule has 4 aromatic rings. The topological polar surface area (TPSA) is 97.7 Å². The highest BCUT2D eigenvalue weighted by Crippen LogP contribution is 2.55. The zero-order valence-electron chi connectivity index (χ0n) is 23.3. The van der Waals surface area contributed by atoms with Crippen LogP contribution in [0.2, 0.25) is 0 Å². The summed E-state index contributed by atoms with van der Waals surface area (Å²) in [6.45, 7) is 1.49. The van der Waals surface area contributed by atoms with Crippen LogP contribution in [-0.4, -0.2) is 34.6 Å². The molecule has 3 atom stereocenters. The van der Waals surface area contributed by atoms with Gasteiger partial charge in [-0.05, 0) is 42.8 Å². The smallest absolute Gasteiger partial charge is 0.416 e. The number of thiazole rings is 1. The Morgan fingerprint density at radius 2 is 1.70 bits per heavy atom. The Morgan fingerprint density at radius 3 is 2.43 bits per heavy atom. The van der Waals surface area contributed by atoms with Crippen LogP contribution >= 0.6 is 23.1 Å². The number of fused-ring (bicyclic) bond motifs is 2. The van der Waals surface area contributed by atoms with Gasteiger partial charge in [-0.15, -0.1) is 0 Å². The van der Waals surface area contributed by atoms with Crippen LogP contribution < -0.4 is 19.8 Å². The van der Waals surface area contributed by atoms with Crippen LogP contribution in [-0.2, 0) is 27.1 Å². The van der Waals surface area contributed by atoms with Crippen LogP contribution in [0.4, 0.5) is 24.5 Å². The number of carbonyl (C=O) groups excluding carboxylic acids is 3. The summed E-state index contributed by atoms with van der Waals surface area (Å²) in [4.78, 5) is 55.2. The van der Waals surface area contributed by atoms with Gasteiger partial charge in [0.05, 0.1) is 29.3 Å². The van der Waals surface area contributed by atoms with Gasteiger partial charge in [0.25, 0.3) is 0 Å². The standard InChI is InChI=1S/C31H24F3N3O5S2/c1-16-8-3-5-12-20(16)35-22(38)15-36-29-26(44-30(36)41)23(19-11-4-6-13-21(19)42-2)24-25(43-29)28(40)37(27(24)39)18-10-7-9-17(14-18)31(32,33)34/h3-14,23-25H,15H2,1-2H3,(H,35,38)/t23-,24?,25?/m1/s1. The van der Waals surface area contributed by atoms with E-state index >= 15 is 0 Å². The van der Waals surface area contributed by atoms with Gasteiger partial charge in [-0.1, -0.05) is 65.6 Å². The molecule has 2 unspecified atom stereocenters. The van der Waals surface area contributed by atoms with Crippen molar-refractivity contribution in [3.63, 3.8) is 0 Å². The van der Waals surface area contributed by atoms with Gasteiger partial charge in [0.15, 0.2) is 0 Å². The Hall–Kier alpha value is -4.36. The Morgan fingerprint density at radius 1 is 0.977 bits per heavy atom. The fourth-order valence-corrected chi connectivity index (χ4v) is 8.40. The Kier molecular flexibility index (Phi) is 7.62. The number of nitrogens with one attached hydrogen (secondary N) is 1. The molecule has 0 bridgehead atoms. The maximum atomic E-state index is 14.0. The monoisotopic (exact) mass is 639 g/mol. The summed E-state index contributed by atoms with van der Waals surface area (Å²) < 4.78 is 47.4. The predicted molar refractivity (Wildman–Crippen MR) is 160 cm³/mol. The van der Waals surface area contributed by atoms with Crippen molar-refractivity contribution in [2.75, 3.05) is 17.3 Å². The number of anilines is 2. The number of rotatable bonds is 6. The molecule has 0 aliphatic carbocycles. The van der Waals surface area contributed by atoms with Gasteiger partial charge in [-0.25, -0.2) is 4.90 Å². The highest BCUT2D eigenvalue weighted by molar-refractivity contribution is 8.00. The van der Waals surface area contributed by atoms with Crippen LogP contribution in [0.25, 0.3) is 0 Å². The van der Waals surface area contributed by atoms with E-state index in [1.807, 2.05) is 19.1 Å². The number of nitrogens with zero attached hydrogens (tertiary/aromatic N) is 2. The van der Waals surface area contributed by atoms with Gasteiger partial charge < -0.3 is 10.1 Å². The molecular weight excluding hydrogens is 615 g/mol. The first-order valence-corrected chi connectivity index (χ1v) is 15.1. The van der Waals surface area contributed by atoms with E-state index in [0.717, 1.165) is 51.8 Å². The second-order valence-electron chi connectivity index (χ2n) is 10.3. The molecule has 0 radical (unpaired) electrons. The molecular formula is C31H24F3N3O5S2. The van der Waals surface area contributed by atoms with Gasteiger partial charge >= 0.3 is 11.0 Å². The molecule has 0 spiro atoms. The zero-order chi connectivity index (χ0) is 31.3. The van der Waals surface area contributed by atoms with Crippen LogP contribution in [0.15, 0.2) is 82.6 Å². The molecule has 3 amide bonds. The maximum Gasteiger partial charge on any atom is 0.416 e. The highest BCUT2D eigenvalue weighted by Gasteiger charge is 2.57. The van der Waals surface area contributed by atoms with Crippen molar-refractivity contribution in [3.8, 4) is 5.75 Å². The largest absolute Gasteiger partial charge is 0.496 e. The number of aromatic nitrogens is 1. The van der Waals surface area contributed by atoms with Crippen molar-refractivity contribution in [1.29, 1.82) is 0 Å². The molecule has 1 N–H and O–H groups in total. The number of amides is 3. The van der Waals surface area contributed by atoms with E-state index in [1.165, 1.54) is 17.7 Å². The number of aryl methyl sites for hydroxylation is 1. The highest BCUT2D eigenvalue weighted by atomic mass is 32.2. The summed E-state index contributed by atoms with van der Waals surface area (Å²) in [5, 5.41) is 2.09. The van der Waals surface area contributed by atoms with E-state index in [1.54, 1.807) is 36.4 Å². The van der Waals surface area contributed by atoms with Gasteiger partial charge in [-0.2, -0.15) is 13.2 Å². The number of alkyl halides is 3. The van der Waals surface area contributed by atoms with Crippen LogP contribution in [0.5, 0.6) is 5.75 Å². The lowest BCUT2D eigenvalue weighted by Crippen LogP contribution is -2.33. The van der Waals surface area contributed by atoms with Gasteiger partial charge in [0, 0.05) is 22.0 Å². The van der Waals surface area contributed by atoms with Crippen LogP contribution in [0.3, 0.4) is 0 Å². The number of para-hydroxylation sites is 2. The second kappa shape index (κ2) is 11.3. The molecule has 226 valence electrons. The van der Waals surface area contributed by atoms with E-state index < -0.39 is 51.4 Å². The molecule has 1 fully saturated rings. The number of ether oxygens (including phenoxy) is 1. The molecule has 6 rings (SSSR count). The van der Waals surface area contributed by atoms with Crippen molar-refractivity contribution in [1.82, 2.24) is 4.57 Å². The minimum Gasteiger partial charge on any atom is -0.496 e. The van der Waals surface area contributed by atoms with E-state index in [2.05, 4.69) is 5.32 Å².